The molecule has 1 atom stereocenters. The van der Waals surface area contributed by atoms with E-state index in [-0.39, 0.29) is 21.6 Å². The van der Waals surface area contributed by atoms with Gasteiger partial charge in [0.25, 0.3) is 5.91 Å². The molecule has 0 aliphatic carbocycles. The summed E-state index contributed by atoms with van der Waals surface area (Å²) in [6, 6.07) is 0. The van der Waals surface area contributed by atoms with Crippen LogP contribution in [0.2, 0.25) is 0 Å². The number of carbonyl (C=O) groups is 1. The van der Waals surface area contributed by atoms with Crippen LogP contribution in [0.25, 0.3) is 10.2 Å². The standard InChI is InChI=1S/C10H12N4O3S2/c1-3-17-8-4-5(11)6(7(12)15)18-9(4)14-10(13-8)19(2)16/h3,11H2,1-2H3,(H2,12,15). The van der Waals surface area contributed by atoms with Crippen LogP contribution in [-0.2, 0) is 10.8 Å². The van der Waals surface area contributed by atoms with Crippen molar-refractivity contribution in [1.29, 1.82) is 0 Å². The molecule has 2 aromatic heterocycles. The van der Waals surface area contributed by atoms with Crippen molar-refractivity contribution in [2.45, 2.75) is 12.1 Å². The molecule has 0 radical (unpaired) electrons. The van der Waals surface area contributed by atoms with E-state index in [1.54, 1.807) is 6.92 Å². The lowest BCUT2D eigenvalue weighted by Gasteiger charge is -2.05. The molecule has 1 amide bonds. The molecule has 2 heterocycles. The highest BCUT2D eigenvalue weighted by molar-refractivity contribution is 7.84. The second kappa shape index (κ2) is 5.10. The fourth-order valence-corrected chi connectivity index (χ4v) is 2.95. The van der Waals surface area contributed by atoms with E-state index < -0.39 is 16.7 Å². The van der Waals surface area contributed by atoms with Gasteiger partial charge in [-0.25, -0.2) is 4.98 Å². The van der Waals surface area contributed by atoms with E-state index in [2.05, 4.69) is 9.97 Å². The lowest BCUT2D eigenvalue weighted by Crippen LogP contribution is -2.10. The van der Waals surface area contributed by atoms with Gasteiger partial charge in [0.15, 0.2) is 0 Å². The minimum Gasteiger partial charge on any atom is -0.477 e. The van der Waals surface area contributed by atoms with Crippen molar-refractivity contribution < 1.29 is 13.7 Å². The molecule has 0 aromatic carbocycles. The van der Waals surface area contributed by atoms with Crippen molar-refractivity contribution in [2.24, 2.45) is 5.73 Å². The minimum absolute atomic E-state index is 0.133. The molecule has 7 nitrogen and oxygen atoms in total. The van der Waals surface area contributed by atoms with Crippen LogP contribution >= 0.6 is 11.3 Å². The van der Waals surface area contributed by atoms with E-state index in [0.29, 0.717) is 16.8 Å². The minimum atomic E-state index is -1.36. The predicted molar refractivity (Wildman–Crippen MR) is 73.8 cm³/mol. The molecule has 19 heavy (non-hydrogen) atoms. The Morgan fingerprint density at radius 3 is 2.68 bits per heavy atom. The number of ether oxygens (including phenoxy) is 1. The number of hydrogen-bond acceptors (Lipinski definition) is 7. The number of nitrogens with two attached hydrogens (primary N) is 2. The maximum atomic E-state index is 11.5. The maximum Gasteiger partial charge on any atom is 0.260 e. The molecule has 2 aromatic rings. The van der Waals surface area contributed by atoms with Gasteiger partial charge in [-0.05, 0) is 6.92 Å². The van der Waals surface area contributed by atoms with Crippen molar-refractivity contribution in [3.8, 4) is 5.88 Å². The Bertz CT molecular complexity index is 683. The number of anilines is 1. The van der Waals surface area contributed by atoms with Gasteiger partial charge in [0.2, 0.25) is 11.0 Å². The molecule has 1 unspecified atom stereocenters. The third kappa shape index (κ3) is 2.38. The van der Waals surface area contributed by atoms with E-state index in [1.807, 2.05) is 0 Å². The zero-order valence-electron chi connectivity index (χ0n) is 10.3. The molecule has 0 saturated heterocycles. The quantitative estimate of drug-likeness (QED) is 0.793. The van der Waals surface area contributed by atoms with E-state index in [9.17, 15) is 9.00 Å². The summed E-state index contributed by atoms with van der Waals surface area (Å²) >= 11 is 1.04. The Balaban J connectivity index is 2.79. The molecular formula is C10H12N4O3S2. The average molecular weight is 300 g/mol. The number of amides is 1. The number of primary amides is 1. The summed E-state index contributed by atoms with van der Waals surface area (Å²) < 4.78 is 16.9. The molecule has 2 rings (SSSR count). The van der Waals surface area contributed by atoms with Crippen LogP contribution in [-0.4, -0.2) is 32.9 Å². The topological polar surface area (TPSA) is 121 Å². The lowest BCUT2D eigenvalue weighted by molar-refractivity contribution is 0.100. The fraction of sp³-hybridized carbons (Fsp3) is 0.300. The first-order valence-electron chi connectivity index (χ1n) is 5.31. The predicted octanol–water partition coefficient (Wildman–Crippen LogP) is 0.509. The summed E-state index contributed by atoms with van der Waals surface area (Å²) in [6.07, 6.45) is 1.46. The fourth-order valence-electron chi connectivity index (χ4n) is 1.52. The normalized spacial score (nSPS) is 12.5. The van der Waals surface area contributed by atoms with E-state index in [0.717, 1.165) is 11.3 Å². The van der Waals surface area contributed by atoms with Crippen LogP contribution in [0, 0.1) is 0 Å². The Hall–Kier alpha value is -1.74. The average Bonchev–Trinajstić information content (AvgIpc) is 2.67. The summed E-state index contributed by atoms with van der Waals surface area (Å²) in [5, 5.41) is 0.572. The molecule has 9 heteroatoms. The van der Waals surface area contributed by atoms with Gasteiger partial charge in [-0.1, -0.05) is 0 Å². The Kier molecular flexibility index (Phi) is 3.67. The molecule has 0 aliphatic rings. The molecule has 102 valence electrons. The van der Waals surface area contributed by atoms with Gasteiger partial charge in [0.05, 0.1) is 28.5 Å². The number of hydrogen-bond donors (Lipinski definition) is 2. The Morgan fingerprint density at radius 1 is 1.47 bits per heavy atom. The molecule has 0 saturated carbocycles. The second-order valence-electron chi connectivity index (χ2n) is 3.59. The number of aromatic nitrogens is 2. The third-order valence-electron chi connectivity index (χ3n) is 2.30. The summed E-state index contributed by atoms with van der Waals surface area (Å²) in [5.41, 5.74) is 11.3. The third-order valence-corrected chi connectivity index (χ3v) is 4.11. The van der Waals surface area contributed by atoms with Gasteiger partial charge in [-0.3, -0.25) is 9.00 Å². The number of thiophene rings is 1. The summed E-state index contributed by atoms with van der Waals surface area (Å²) in [7, 11) is -1.36. The van der Waals surface area contributed by atoms with Gasteiger partial charge < -0.3 is 16.2 Å². The van der Waals surface area contributed by atoms with Crippen LogP contribution < -0.4 is 16.2 Å². The van der Waals surface area contributed by atoms with Crippen molar-refractivity contribution in [3.63, 3.8) is 0 Å². The highest BCUT2D eigenvalue weighted by atomic mass is 32.2. The first-order valence-corrected chi connectivity index (χ1v) is 7.69. The van der Waals surface area contributed by atoms with Gasteiger partial charge in [0.1, 0.15) is 9.71 Å². The number of fused-ring (bicyclic) bond motifs is 1. The number of carbonyl (C=O) groups excluding carboxylic acids is 1. The van der Waals surface area contributed by atoms with Crippen molar-refractivity contribution in [2.75, 3.05) is 18.6 Å². The van der Waals surface area contributed by atoms with Gasteiger partial charge >= 0.3 is 0 Å². The van der Waals surface area contributed by atoms with E-state index >= 15 is 0 Å². The summed E-state index contributed by atoms with van der Waals surface area (Å²) in [6.45, 7) is 2.15. The lowest BCUT2D eigenvalue weighted by atomic mass is 10.3. The van der Waals surface area contributed by atoms with Crippen LogP contribution in [0.3, 0.4) is 0 Å². The van der Waals surface area contributed by atoms with Crippen LogP contribution in [0.15, 0.2) is 5.16 Å². The Labute approximate surface area is 115 Å². The van der Waals surface area contributed by atoms with Crippen LogP contribution in [0.4, 0.5) is 5.69 Å². The monoisotopic (exact) mass is 300 g/mol. The van der Waals surface area contributed by atoms with Crippen molar-refractivity contribution in [3.05, 3.63) is 4.88 Å². The SMILES string of the molecule is CCOc1nc(S(C)=O)nc2sc(C(N)=O)c(N)c12. The van der Waals surface area contributed by atoms with Gasteiger partial charge in [-0.2, -0.15) is 4.98 Å². The molecular weight excluding hydrogens is 288 g/mol. The van der Waals surface area contributed by atoms with Crippen molar-refractivity contribution >= 4 is 43.9 Å². The highest BCUT2D eigenvalue weighted by Crippen LogP contribution is 2.37. The maximum absolute atomic E-state index is 11.5. The largest absolute Gasteiger partial charge is 0.477 e. The smallest absolute Gasteiger partial charge is 0.260 e. The first-order chi connectivity index (χ1) is 8.95. The summed E-state index contributed by atoms with van der Waals surface area (Å²) in [4.78, 5) is 20.1. The van der Waals surface area contributed by atoms with Crippen molar-refractivity contribution in [1.82, 2.24) is 9.97 Å². The molecule has 0 aliphatic heterocycles. The second-order valence-corrected chi connectivity index (χ2v) is 5.86. The van der Waals surface area contributed by atoms with E-state index in [4.69, 9.17) is 16.2 Å². The number of nitrogen functional groups attached to an aromatic ring is 1. The molecule has 0 bridgehead atoms. The molecule has 0 spiro atoms. The van der Waals surface area contributed by atoms with Crippen LogP contribution in [0.1, 0.15) is 16.6 Å². The summed E-state index contributed by atoms with van der Waals surface area (Å²) in [5.74, 6) is -0.416. The van der Waals surface area contributed by atoms with Gasteiger partial charge in [0, 0.05) is 6.26 Å². The van der Waals surface area contributed by atoms with E-state index in [1.165, 1.54) is 6.26 Å². The van der Waals surface area contributed by atoms with Gasteiger partial charge in [-0.15, -0.1) is 11.3 Å². The highest BCUT2D eigenvalue weighted by Gasteiger charge is 2.21. The zero-order chi connectivity index (χ0) is 14.2. The zero-order valence-corrected chi connectivity index (χ0v) is 11.9. The number of rotatable bonds is 4. The Morgan fingerprint density at radius 2 is 2.16 bits per heavy atom. The van der Waals surface area contributed by atoms with Crippen LogP contribution in [0.5, 0.6) is 5.88 Å². The molecule has 0 fully saturated rings. The number of nitrogens with zero attached hydrogens (tertiary/aromatic N) is 2. The first kappa shape index (κ1) is 13.7. The molecule has 4 N–H and O–H groups in total.